The molecule has 1 saturated heterocycles. The third kappa shape index (κ3) is 5.85. The van der Waals surface area contributed by atoms with E-state index in [1.165, 1.54) is 0 Å². The number of hydrogen-bond donors (Lipinski definition) is 1. The van der Waals surface area contributed by atoms with Gasteiger partial charge >= 0.3 is 6.09 Å². The van der Waals surface area contributed by atoms with Crippen LogP contribution in [0.1, 0.15) is 26.3 Å². The van der Waals surface area contributed by atoms with Crippen molar-refractivity contribution in [3.8, 4) is 0 Å². The van der Waals surface area contributed by atoms with Crippen molar-refractivity contribution < 1.29 is 14.3 Å². The summed E-state index contributed by atoms with van der Waals surface area (Å²) in [6.07, 6.45) is -0.286. The molecule has 1 aromatic carbocycles. The summed E-state index contributed by atoms with van der Waals surface area (Å²) in [6, 6.07) is 7.73. The largest absolute Gasteiger partial charge is 0.444 e. The average Bonchev–Trinajstić information content (AvgIpc) is 2.48. The number of nitrogens with zero attached hydrogens (tertiary/aromatic N) is 2. The van der Waals surface area contributed by atoms with E-state index in [0.717, 1.165) is 11.3 Å². The van der Waals surface area contributed by atoms with Gasteiger partial charge in [-0.15, -0.1) is 0 Å². The molecule has 2 rings (SSSR count). The lowest BCUT2D eigenvalue weighted by molar-refractivity contribution is -0.117. The Hall–Kier alpha value is -2.08. The van der Waals surface area contributed by atoms with E-state index in [1.807, 2.05) is 56.9 Å². The Morgan fingerprint density at radius 1 is 1.08 bits per heavy atom. The summed E-state index contributed by atoms with van der Waals surface area (Å²) < 4.78 is 5.37. The van der Waals surface area contributed by atoms with Crippen LogP contribution in [0.15, 0.2) is 24.3 Å². The molecule has 0 radical (unpaired) electrons. The summed E-state index contributed by atoms with van der Waals surface area (Å²) in [7, 11) is 0. The predicted molar refractivity (Wildman–Crippen MR) is 94.1 cm³/mol. The normalized spacial score (nSPS) is 15.9. The zero-order chi connectivity index (χ0) is 17.7. The Labute approximate surface area is 143 Å². The number of carbonyl (C=O) groups is 2. The van der Waals surface area contributed by atoms with E-state index in [0.29, 0.717) is 32.7 Å². The summed E-state index contributed by atoms with van der Waals surface area (Å²) in [5.74, 6) is -0.0374. The predicted octanol–water partition coefficient (Wildman–Crippen LogP) is 2.49. The first kappa shape index (κ1) is 18.3. The van der Waals surface area contributed by atoms with Gasteiger partial charge in [0.1, 0.15) is 5.60 Å². The van der Waals surface area contributed by atoms with Crippen molar-refractivity contribution in [3.05, 3.63) is 29.8 Å². The topological polar surface area (TPSA) is 61.9 Å². The number of anilines is 1. The fraction of sp³-hybridized carbons (Fsp3) is 0.556. The SMILES string of the molecule is Cc1ccc(NC(=O)CN2CCN(C(=O)OC(C)(C)C)CC2)cc1. The second kappa shape index (κ2) is 7.66. The minimum absolute atomic E-state index is 0.0374. The number of nitrogens with one attached hydrogen (secondary N) is 1. The molecule has 6 heteroatoms. The molecule has 1 fully saturated rings. The molecule has 1 heterocycles. The van der Waals surface area contributed by atoms with Gasteiger partial charge in [0.25, 0.3) is 0 Å². The Balaban J connectivity index is 1.75. The maximum absolute atomic E-state index is 12.1. The summed E-state index contributed by atoms with van der Waals surface area (Å²) in [4.78, 5) is 27.9. The molecule has 24 heavy (non-hydrogen) atoms. The maximum Gasteiger partial charge on any atom is 0.410 e. The lowest BCUT2D eigenvalue weighted by atomic mass is 10.2. The highest BCUT2D eigenvalue weighted by molar-refractivity contribution is 5.92. The Kier molecular flexibility index (Phi) is 5.83. The molecular formula is C18H27N3O3. The molecule has 1 aliphatic rings. The lowest BCUT2D eigenvalue weighted by Crippen LogP contribution is -2.51. The quantitative estimate of drug-likeness (QED) is 0.923. The third-order valence-corrected chi connectivity index (χ3v) is 3.73. The highest BCUT2D eigenvalue weighted by Crippen LogP contribution is 2.12. The summed E-state index contributed by atoms with van der Waals surface area (Å²) in [6.45, 7) is 10.4. The summed E-state index contributed by atoms with van der Waals surface area (Å²) in [5.41, 5.74) is 1.48. The van der Waals surface area contributed by atoms with Crippen molar-refractivity contribution in [2.75, 3.05) is 38.0 Å². The molecular weight excluding hydrogens is 306 g/mol. The smallest absolute Gasteiger partial charge is 0.410 e. The monoisotopic (exact) mass is 333 g/mol. The van der Waals surface area contributed by atoms with Crippen LogP contribution in [0.25, 0.3) is 0 Å². The van der Waals surface area contributed by atoms with Gasteiger partial charge in [-0.25, -0.2) is 4.79 Å². The van der Waals surface area contributed by atoms with E-state index in [9.17, 15) is 9.59 Å². The molecule has 0 atom stereocenters. The molecule has 0 saturated carbocycles. The van der Waals surface area contributed by atoms with E-state index in [4.69, 9.17) is 4.74 Å². The minimum Gasteiger partial charge on any atom is -0.444 e. The fourth-order valence-electron chi connectivity index (χ4n) is 2.46. The Morgan fingerprint density at radius 2 is 1.67 bits per heavy atom. The molecule has 1 aromatic rings. The van der Waals surface area contributed by atoms with Gasteiger partial charge in [-0.1, -0.05) is 17.7 Å². The number of amides is 2. The van der Waals surface area contributed by atoms with Crippen molar-refractivity contribution in [2.45, 2.75) is 33.3 Å². The zero-order valence-corrected chi connectivity index (χ0v) is 15.0. The van der Waals surface area contributed by atoms with Crippen molar-refractivity contribution in [2.24, 2.45) is 0 Å². The van der Waals surface area contributed by atoms with Gasteiger partial charge in [0.15, 0.2) is 0 Å². The van der Waals surface area contributed by atoms with Crippen LogP contribution in [0.2, 0.25) is 0 Å². The first-order valence-electron chi connectivity index (χ1n) is 8.30. The third-order valence-electron chi connectivity index (χ3n) is 3.73. The second-order valence-corrected chi connectivity index (χ2v) is 7.16. The van der Waals surface area contributed by atoms with Crippen LogP contribution >= 0.6 is 0 Å². The van der Waals surface area contributed by atoms with Crippen LogP contribution in [0.4, 0.5) is 10.5 Å². The van der Waals surface area contributed by atoms with Crippen LogP contribution < -0.4 is 5.32 Å². The minimum atomic E-state index is -0.484. The van der Waals surface area contributed by atoms with Crippen molar-refractivity contribution in [3.63, 3.8) is 0 Å². The molecule has 1 aliphatic heterocycles. The highest BCUT2D eigenvalue weighted by Gasteiger charge is 2.26. The fourth-order valence-corrected chi connectivity index (χ4v) is 2.46. The Bertz CT molecular complexity index is 570. The number of hydrogen-bond acceptors (Lipinski definition) is 4. The van der Waals surface area contributed by atoms with Gasteiger partial charge in [0.2, 0.25) is 5.91 Å². The standard InChI is InChI=1S/C18H27N3O3/c1-14-5-7-15(8-6-14)19-16(22)13-20-9-11-21(12-10-20)17(23)24-18(2,3)4/h5-8H,9-13H2,1-4H3,(H,19,22). The zero-order valence-electron chi connectivity index (χ0n) is 15.0. The summed E-state index contributed by atoms with van der Waals surface area (Å²) in [5, 5.41) is 2.90. The highest BCUT2D eigenvalue weighted by atomic mass is 16.6. The molecule has 0 spiro atoms. The second-order valence-electron chi connectivity index (χ2n) is 7.16. The van der Waals surface area contributed by atoms with Gasteiger partial charge in [-0.05, 0) is 39.8 Å². The molecule has 0 aliphatic carbocycles. The van der Waals surface area contributed by atoms with E-state index in [-0.39, 0.29) is 12.0 Å². The van der Waals surface area contributed by atoms with Crippen LogP contribution in [0, 0.1) is 6.92 Å². The number of benzene rings is 1. The molecule has 2 amide bonds. The van der Waals surface area contributed by atoms with Crippen molar-refractivity contribution in [1.29, 1.82) is 0 Å². The molecule has 6 nitrogen and oxygen atoms in total. The maximum atomic E-state index is 12.1. The first-order chi connectivity index (χ1) is 11.2. The number of carbonyl (C=O) groups excluding carboxylic acids is 2. The van der Waals surface area contributed by atoms with Crippen molar-refractivity contribution in [1.82, 2.24) is 9.80 Å². The van der Waals surface area contributed by atoms with Gasteiger partial charge in [-0.2, -0.15) is 0 Å². The van der Waals surface area contributed by atoms with E-state index >= 15 is 0 Å². The van der Waals surface area contributed by atoms with Crippen LogP contribution in [-0.4, -0.2) is 60.1 Å². The molecule has 0 aromatic heterocycles. The Morgan fingerprint density at radius 3 is 2.21 bits per heavy atom. The molecule has 1 N–H and O–H groups in total. The number of rotatable bonds is 3. The average molecular weight is 333 g/mol. The van der Waals surface area contributed by atoms with Gasteiger partial charge < -0.3 is 15.0 Å². The number of piperazine rings is 1. The molecule has 0 unspecified atom stereocenters. The van der Waals surface area contributed by atoms with Gasteiger partial charge in [0, 0.05) is 31.9 Å². The number of aryl methyl sites for hydroxylation is 1. The van der Waals surface area contributed by atoms with Crippen LogP contribution in [0.3, 0.4) is 0 Å². The summed E-state index contributed by atoms with van der Waals surface area (Å²) >= 11 is 0. The van der Waals surface area contributed by atoms with E-state index in [2.05, 4.69) is 5.32 Å². The van der Waals surface area contributed by atoms with E-state index in [1.54, 1.807) is 4.90 Å². The molecule has 0 bridgehead atoms. The van der Waals surface area contributed by atoms with Crippen molar-refractivity contribution >= 4 is 17.7 Å². The molecule has 132 valence electrons. The lowest BCUT2D eigenvalue weighted by Gasteiger charge is -2.35. The van der Waals surface area contributed by atoms with Crippen LogP contribution in [-0.2, 0) is 9.53 Å². The first-order valence-corrected chi connectivity index (χ1v) is 8.30. The van der Waals surface area contributed by atoms with E-state index < -0.39 is 5.60 Å². The number of ether oxygens (including phenoxy) is 1. The van der Waals surface area contributed by atoms with Crippen LogP contribution in [0.5, 0.6) is 0 Å². The van der Waals surface area contributed by atoms with Gasteiger partial charge in [0.05, 0.1) is 6.54 Å². The van der Waals surface area contributed by atoms with Gasteiger partial charge in [-0.3, -0.25) is 9.69 Å².